The average Bonchev–Trinajstić information content (AvgIpc) is 2.02. The van der Waals surface area contributed by atoms with Crippen LogP contribution in [-0.2, 0) is 10.0 Å². The lowest BCUT2D eigenvalue weighted by Crippen LogP contribution is -2.15. The van der Waals surface area contributed by atoms with Crippen molar-refractivity contribution in [2.75, 3.05) is 0 Å². The van der Waals surface area contributed by atoms with E-state index in [0.717, 1.165) is 12.1 Å². The molecule has 8 heteroatoms. The molecule has 2 N–H and O–H groups in total. The van der Waals surface area contributed by atoms with Crippen LogP contribution in [0.1, 0.15) is 12.1 Å². The molecule has 1 aromatic rings. The molecule has 0 unspecified atom stereocenters. The Morgan fingerprint density at radius 1 is 1.43 bits per heavy atom. The third-order valence-corrected chi connectivity index (χ3v) is 3.08. The molecule has 1 aromatic heterocycles. The number of sulfonamides is 1. The Kier molecular flexibility index (Phi) is 3.17. The second-order valence-corrected chi connectivity index (χ2v) is 4.70. The summed E-state index contributed by atoms with van der Waals surface area (Å²) in [6, 6.07) is 2.18. The van der Waals surface area contributed by atoms with Crippen molar-refractivity contribution < 1.29 is 17.2 Å². The number of pyridine rings is 1. The van der Waals surface area contributed by atoms with E-state index >= 15 is 0 Å². The number of rotatable bonds is 2. The van der Waals surface area contributed by atoms with E-state index in [1.165, 1.54) is 0 Å². The molecule has 0 aliphatic carbocycles. The summed E-state index contributed by atoms with van der Waals surface area (Å²) in [5.41, 5.74) is -0.628. The van der Waals surface area contributed by atoms with Gasteiger partial charge in [0.05, 0.1) is 4.47 Å². The number of hydrogen-bond acceptors (Lipinski definition) is 3. The molecule has 4 nitrogen and oxygen atoms in total. The standard InChI is InChI=1S/C6H5BrF2N2O2S/c7-3-1-2-4(5(8)9)11-6(3)14(10,12)13/h1-2,5H,(H2,10,12,13). The van der Waals surface area contributed by atoms with Gasteiger partial charge in [-0.25, -0.2) is 27.3 Å². The number of alkyl halides is 2. The second kappa shape index (κ2) is 3.87. The third kappa shape index (κ3) is 2.46. The van der Waals surface area contributed by atoms with E-state index < -0.39 is 27.2 Å². The quantitative estimate of drug-likeness (QED) is 0.894. The highest BCUT2D eigenvalue weighted by Crippen LogP contribution is 2.23. The molecule has 1 heterocycles. The van der Waals surface area contributed by atoms with Crippen LogP contribution >= 0.6 is 15.9 Å². The fourth-order valence-corrected chi connectivity index (χ4v) is 2.23. The van der Waals surface area contributed by atoms with E-state index in [2.05, 4.69) is 20.9 Å². The summed E-state index contributed by atoms with van der Waals surface area (Å²) in [4.78, 5) is 3.23. The fraction of sp³-hybridized carbons (Fsp3) is 0.167. The topological polar surface area (TPSA) is 73.1 Å². The van der Waals surface area contributed by atoms with Crippen LogP contribution in [0.3, 0.4) is 0 Å². The van der Waals surface area contributed by atoms with Crippen LogP contribution in [0.4, 0.5) is 8.78 Å². The zero-order valence-corrected chi connectivity index (χ0v) is 9.02. The molecule has 0 fully saturated rings. The van der Waals surface area contributed by atoms with Crippen molar-refractivity contribution in [3.63, 3.8) is 0 Å². The highest BCUT2D eigenvalue weighted by atomic mass is 79.9. The summed E-state index contributed by atoms with van der Waals surface area (Å²) in [6.45, 7) is 0. The van der Waals surface area contributed by atoms with Crippen LogP contribution in [-0.4, -0.2) is 13.4 Å². The Balaban J connectivity index is 3.37. The summed E-state index contributed by atoms with van der Waals surface area (Å²) >= 11 is 2.85. The largest absolute Gasteiger partial charge is 0.280 e. The van der Waals surface area contributed by atoms with Crippen LogP contribution in [0.25, 0.3) is 0 Å². The molecule has 0 aliphatic heterocycles. The van der Waals surface area contributed by atoms with E-state index in [1.807, 2.05) is 0 Å². The first-order valence-electron chi connectivity index (χ1n) is 3.30. The SMILES string of the molecule is NS(=O)(=O)c1nc(C(F)F)ccc1Br. The molecule has 1 rings (SSSR count). The summed E-state index contributed by atoms with van der Waals surface area (Å²) in [7, 11) is -4.08. The molecule has 0 radical (unpaired) electrons. The summed E-state index contributed by atoms with van der Waals surface area (Å²) in [6.07, 6.45) is -2.83. The van der Waals surface area contributed by atoms with Crippen molar-refractivity contribution in [2.24, 2.45) is 5.14 Å². The summed E-state index contributed by atoms with van der Waals surface area (Å²) < 4.78 is 46.1. The molecule has 0 amide bonds. The van der Waals surface area contributed by atoms with E-state index in [0.29, 0.717) is 0 Å². The Labute approximate surface area is 87.3 Å². The predicted molar refractivity (Wildman–Crippen MR) is 48.3 cm³/mol. The van der Waals surface area contributed by atoms with Gasteiger partial charge >= 0.3 is 0 Å². The van der Waals surface area contributed by atoms with Crippen LogP contribution in [0.5, 0.6) is 0 Å². The number of nitrogens with zero attached hydrogens (tertiary/aromatic N) is 1. The lowest BCUT2D eigenvalue weighted by molar-refractivity contribution is 0.145. The first-order chi connectivity index (χ1) is 6.32. The van der Waals surface area contributed by atoms with E-state index in [1.54, 1.807) is 0 Å². The summed E-state index contributed by atoms with van der Waals surface area (Å²) in [5, 5.41) is 4.17. The van der Waals surface area contributed by atoms with Crippen molar-refractivity contribution in [2.45, 2.75) is 11.5 Å². The van der Waals surface area contributed by atoms with Crippen LogP contribution < -0.4 is 5.14 Å². The van der Waals surface area contributed by atoms with Gasteiger partial charge in [0, 0.05) is 0 Å². The van der Waals surface area contributed by atoms with Gasteiger partial charge < -0.3 is 0 Å². The molecule has 0 atom stereocenters. The Morgan fingerprint density at radius 3 is 2.43 bits per heavy atom. The van der Waals surface area contributed by atoms with Gasteiger partial charge in [0.1, 0.15) is 5.69 Å². The third-order valence-electron chi connectivity index (χ3n) is 1.33. The minimum absolute atomic E-state index is 0.0596. The maximum absolute atomic E-state index is 12.2. The molecule has 14 heavy (non-hydrogen) atoms. The molecule has 0 saturated heterocycles. The highest BCUT2D eigenvalue weighted by Gasteiger charge is 2.18. The number of primary sulfonamides is 1. The van der Waals surface area contributed by atoms with Gasteiger partial charge in [-0.1, -0.05) is 0 Å². The van der Waals surface area contributed by atoms with Crippen LogP contribution in [0.2, 0.25) is 0 Å². The van der Waals surface area contributed by atoms with Gasteiger partial charge in [-0.3, -0.25) is 0 Å². The normalized spacial score (nSPS) is 12.1. The molecule has 0 bridgehead atoms. The summed E-state index contributed by atoms with van der Waals surface area (Å²) in [5.74, 6) is 0. The molecule has 0 spiro atoms. The number of hydrogen-bond donors (Lipinski definition) is 1. The van der Waals surface area contributed by atoms with Gasteiger partial charge in [0.25, 0.3) is 16.4 Å². The van der Waals surface area contributed by atoms with Gasteiger partial charge in [-0.05, 0) is 28.1 Å². The molecular formula is C6H5BrF2N2O2S. The smallest absolute Gasteiger partial charge is 0.233 e. The molecule has 78 valence electrons. The number of halogens is 3. The van der Waals surface area contributed by atoms with E-state index in [-0.39, 0.29) is 4.47 Å². The number of nitrogens with two attached hydrogens (primary N) is 1. The van der Waals surface area contributed by atoms with Crippen molar-refractivity contribution >= 4 is 26.0 Å². The van der Waals surface area contributed by atoms with Crippen molar-refractivity contribution in [1.82, 2.24) is 4.98 Å². The monoisotopic (exact) mass is 286 g/mol. The first kappa shape index (κ1) is 11.5. The van der Waals surface area contributed by atoms with E-state index in [9.17, 15) is 17.2 Å². The Morgan fingerprint density at radius 2 is 2.00 bits per heavy atom. The minimum Gasteiger partial charge on any atom is -0.233 e. The minimum atomic E-state index is -4.08. The van der Waals surface area contributed by atoms with Crippen LogP contribution in [0, 0.1) is 0 Å². The van der Waals surface area contributed by atoms with E-state index in [4.69, 9.17) is 5.14 Å². The van der Waals surface area contributed by atoms with Crippen molar-refractivity contribution in [3.8, 4) is 0 Å². The Hall–Kier alpha value is -0.600. The predicted octanol–water partition coefficient (Wildman–Crippen LogP) is 1.43. The zero-order valence-electron chi connectivity index (χ0n) is 6.62. The first-order valence-corrected chi connectivity index (χ1v) is 5.63. The van der Waals surface area contributed by atoms with Gasteiger partial charge in [0.15, 0.2) is 5.03 Å². The van der Waals surface area contributed by atoms with Crippen molar-refractivity contribution in [3.05, 3.63) is 22.3 Å². The maximum Gasteiger partial charge on any atom is 0.280 e. The fourth-order valence-electron chi connectivity index (χ4n) is 0.759. The molecule has 0 saturated carbocycles. The average molecular weight is 287 g/mol. The van der Waals surface area contributed by atoms with Gasteiger partial charge in [-0.15, -0.1) is 0 Å². The molecular weight excluding hydrogens is 282 g/mol. The van der Waals surface area contributed by atoms with Gasteiger partial charge in [-0.2, -0.15) is 0 Å². The zero-order chi connectivity index (χ0) is 10.9. The highest BCUT2D eigenvalue weighted by molar-refractivity contribution is 9.10. The molecule has 0 aromatic carbocycles. The second-order valence-electron chi connectivity index (χ2n) is 2.37. The van der Waals surface area contributed by atoms with Crippen LogP contribution in [0.15, 0.2) is 21.6 Å². The number of aromatic nitrogens is 1. The van der Waals surface area contributed by atoms with Crippen molar-refractivity contribution in [1.29, 1.82) is 0 Å². The maximum atomic E-state index is 12.2. The van der Waals surface area contributed by atoms with Gasteiger partial charge in [0.2, 0.25) is 0 Å². The lowest BCUT2D eigenvalue weighted by atomic mass is 10.4. The molecule has 0 aliphatic rings. The Bertz CT molecular complexity index is 449. The lowest BCUT2D eigenvalue weighted by Gasteiger charge is -2.03.